The monoisotopic (exact) mass is 468 g/mol. The summed E-state index contributed by atoms with van der Waals surface area (Å²) in [5.74, 6) is -0.345. The van der Waals surface area contributed by atoms with Gasteiger partial charge in [-0.1, -0.05) is 18.2 Å². The zero-order valence-corrected chi connectivity index (χ0v) is 19.8. The Kier molecular flexibility index (Phi) is 5.89. The van der Waals surface area contributed by atoms with Crippen LogP contribution in [0.5, 0.6) is 0 Å². The Labute approximate surface area is 191 Å². The van der Waals surface area contributed by atoms with Crippen LogP contribution in [0.15, 0.2) is 58.8 Å². The number of benzene rings is 2. The number of amides is 1. The van der Waals surface area contributed by atoms with Crippen LogP contribution in [0.4, 0.5) is 5.13 Å². The number of aromatic nitrogens is 2. The van der Waals surface area contributed by atoms with Gasteiger partial charge in [0.15, 0.2) is 5.13 Å². The molecule has 0 aliphatic carbocycles. The Morgan fingerprint density at radius 3 is 2.50 bits per heavy atom. The lowest BCUT2D eigenvalue weighted by Gasteiger charge is -2.20. The molecule has 0 atom stereocenters. The molecule has 0 unspecified atom stereocenters. The van der Waals surface area contributed by atoms with Crippen molar-refractivity contribution < 1.29 is 13.2 Å². The number of anilines is 1. The van der Waals surface area contributed by atoms with E-state index in [1.807, 2.05) is 36.6 Å². The Morgan fingerprint density at radius 1 is 1.12 bits per heavy atom. The molecular formula is C23H24N4O3S2. The van der Waals surface area contributed by atoms with Crippen LogP contribution in [0.3, 0.4) is 0 Å². The molecule has 0 radical (unpaired) electrons. The van der Waals surface area contributed by atoms with Crippen LogP contribution in [-0.2, 0) is 10.0 Å². The second-order valence-corrected chi connectivity index (χ2v) is 10.7. The van der Waals surface area contributed by atoms with Crippen molar-refractivity contribution in [2.75, 3.05) is 12.4 Å². The van der Waals surface area contributed by atoms with Gasteiger partial charge in [0.1, 0.15) is 0 Å². The number of nitrogens with one attached hydrogen (secondary N) is 2. The number of carbonyl (C=O) groups excluding carboxylic acids is 1. The number of aromatic amines is 1. The predicted octanol–water partition coefficient (Wildman–Crippen LogP) is 4.88. The molecule has 166 valence electrons. The lowest BCUT2D eigenvalue weighted by Crippen LogP contribution is -2.33. The van der Waals surface area contributed by atoms with Gasteiger partial charge in [-0.25, -0.2) is 13.4 Å². The highest BCUT2D eigenvalue weighted by molar-refractivity contribution is 7.89. The number of H-pyrrole nitrogens is 1. The van der Waals surface area contributed by atoms with Gasteiger partial charge in [-0.05, 0) is 51.1 Å². The van der Waals surface area contributed by atoms with Gasteiger partial charge < -0.3 is 4.98 Å². The highest BCUT2D eigenvalue weighted by atomic mass is 32.2. The maximum Gasteiger partial charge on any atom is 0.257 e. The third kappa shape index (κ3) is 4.06. The minimum absolute atomic E-state index is 0.150. The molecule has 0 bridgehead atoms. The number of thiazole rings is 1. The number of aryl methyl sites for hydroxylation is 1. The first-order chi connectivity index (χ1) is 15.2. The van der Waals surface area contributed by atoms with E-state index in [4.69, 9.17) is 0 Å². The highest BCUT2D eigenvalue weighted by Gasteiger charge is 2.23. The number of hydrogen-bond acceptors (Lipinski definition) is 5. The summed E-state index contributed by atoms with van der Waals surface area (Å²) in [6.07, 6.45) is 0. The maximum absolute atomic E-state index is 12.7. The molecule has 1 amide bonds. The molecule has 4 rings (SSSR count). The van der Waals surface area contributed by atoms with Crippen LogP contribution in [0, 0.1) is 6.92 Å². The van der Waals surface area contributed by atoms with Gasteiger partial charge in [-0.2, -0.15) is 4.31 Å². The molecule has 0 saturated carbocycles. The van der Waals surface area contributed by atoms with E-state index >= 15 is 0 Å². The van der Waals surface area contributed by atoms with Crippen LogP contribution in [0.1, 0.15) is 29.9 Å². The van der Waals surface area contributed by atoms with Gasteiger partial charge in [-0.15, -0.1) is 11.3 Å². The van der Waals surface area contributed by atoms with E-state index in [1.54, 1.807) is 13.8 Å². The van der Waals surface area contributed by atoms with Gasteiger partial charge in [0.25, 0.3) is 5.91 Å². The van der Waals surface area contributed by atoms with Crippen molar-refractivity contribution in [2.45, 2.75) is 31.7 Å². The van der Waals surface area contributed by atoms with E-state index in [0.717, 1.165) is 27.9 Å². The van der Waals surface area contributed by atoms with Gasteiger partial charge in [0.05, 0.1) is 10.6 Å². The predicted molar refractivity (Wildman–Crippen MR) is 129 cm³/mol. The summed E-state index contributed by atoms with van der Waals surface area (Å²) in [5, 5.41) is 6.28. The first-order valence-corrected chi connectivity index (χ1v) is 12.4. The molecule has 9 heteroatoms. The van der Waals surface area contributed by atoms with Gasteiger partial charge in [-0.3, -0.25) is 10.1 Å². The highest BCUT2D eigenvalue weighted by Crippen LogP contribution is 2.34. The molecule has 2 aromatic heterocycles. The Bertz CT molecular complexity index is 1390. The fourth-order valence-electron chi connectivity index (χ4n) is 3.44. The van der Waals surface area contributed by atoms with Crippen LogP contribution in [0.2, 0.25) is 0 Å². The first-order valence-electron chi connectivity index (χ1n) is 10.1. The zero-order chi connectivity index (χ0) is 23.0. The number of hydrogen-bond donors (Lipinski definition) is 2. The van der Waals surface area contributed by atoms with Crippen molar-refractivity contribution in [3.63, 3.8) is 0 Å². The molecule has 0 aliphatic heterocycles. The van der Waals surface area contributed by atoms with E-state index in [2.05, 4.69) is 15.3 Å². The number of para-hydroxylation sites is 1. The lowest BCUT2D eigenvalue weighted by atomic mass is 10.1. The smallest absolute Gasteiger partial charge is 0.257 e. The lowest BCUT2D eigenvalue weighted by molar-refractivity contribution is 0.102. The van der Waals surface area contributed by atoms with Crippen molar-refractivity contribution >= 4 is 43.3 Å². The normalized spacial score (nSPS) is 12.1. The standard InChI is InChI=1S/C23H24N4O3S2/c1-14(2)27(4)32(29,30)17-11-9-16(10-12-17)22(28)26-23-25-20(13-31-23)21-15(3)24-19-8-6-5-7-18(19)21/h5-14,24H,1-4H3,(H,25,26,28). The van der Waals surface area contributed by atoms with E-state index in [0.29, 0.717) is 10.7 Å². The summed E-state index contributed by atoms with van der Waals surface area (Å²) >= 11 is 1.34. The van der Waals surface area contributed by atoms with E-state index < -0.39 is 10.0 Å². The van der Waals surface area contributed by atoms with Crippen molar-refractivity contribution in [1.29, 1.82) is 0 Å². The average Bonchev–Trinajstić information content (AvgIpc) is 3.35. The molecule has 32 heavy (non-hydrogen) atoms. The van der Waals surface area contributed by atoms with Gasteiger partial charge >= 0.3 is 0 Å². The second kappa shape index (κ2) is 8.50. The van der Waals surface area contributed by atoms with Crippen molar-refractivity contribution in [3.05, 3.63) is 65.2 Å². The largest absolute Gasteiger partial charge is 0.358 e. The maximum atomic E-state index is 12.7. The molecule has 0 spiro atoms. The second-order valence-electron chi connectivity index (χ2n) is 7.80. The van der Waals surface area contributed by atoms with Crippen LogP contribution in [0.25, 0.3) is 22.2 Å². The van der Waals surface area contributed by atoms with Crippen molar-refractivity contribution in [2.24, 2.45) is 0 Å². The zero-order valence-electron chi connectivity index (χ0n) is 18.2. The molecule has 2 aromatic carbocycles. The quantitative estimate of drug-likeness (QED) is 0.422. The van der Waals surface area contributed by atoms with E-state index in [9.17, 15) is 13.2 Å². The summed E-state index contributed by atoms with van der Waals surface area (Å²) < 4.78 is 26.5. The van der Waals surface area contributed by atoms with E-state index in [1.165, 1.54) is 47.0 Å². The Morgan fingerprint density at radius 2 is 1.81 bits per heavy atom. The number of nitrogens with zero attached hydrogens (tertiary/aromatic N) is 2. The fourth-order valence-corrected chi connectivity index (χ4v) is 5.51. The summed E-state index contributed by atoms with van der Waals surface area (Å²) in [6.45, 7) is 5.61. The summed E-state index contributed by atoms with van der Waals surface area (Å²) in [4.78, 5) is 20.8. The number of sulfonamides is 1. The SMILES string of the molecule is Cc1[nH]c2ccccc2c1-c1csc(NC(=O)c2ccc(S(=O)(=O)N(C)C(C)C)cc2)n1. The van der Waals surface area contributed by atoms with Gasteiger partial charge in [0.2, 0.25) is 10.0 Å². The third-order valence-corrected chi connectivity index (χ3v) is 8.20. The molecule has 7 nitrogen and oxygen atoms in total. The number of carbonyl (C=O) groups is 1. The first kappa shape index (κ1) is 22.2. The molecule has 2 heterocycles. The minimum Gasteiger partial charge on any atom is -0.358 e. The minimum atomic E-state index is -3.60. The average molecular weight is 469 g/mol. The molecule has 2 N–H and O–H groups in total. The van der Waals surface area contributed by atoms with Crippen molar-refractivity contribution in [3.8, 4) is 11.3 Å². The summed E-state index contributed by atoms with van der Waals surface area (Å²) in [5.41, 5.74) is 4.21. The van der Waals surface area contributed by atoms with E-state index in [-0.39, 0.29) is 16.8 Å². The Balaban J connectivity index is 1.53. The molecule has 0 saturated heterocycles. The molecular weight excluding hydrogens is 444 g/mol. The topological polar surface area (TPSA) is 95.2 Å². The van der Waals surface area contributed by atoms with Crippen LogP contribution >= 0.6 is 11.3 Å². The van der Waals surface area contributed by atoms with Crippen LogP contribution in [-0.4, -0.2) is 41.7 Å². The Hall–Kier alpha value is -3.01. The fraction of sp³-hybridized carbons (Fsp3) is 0.217. The molecule has 0 aliphatic rings. The molecule has 0 fully saturated rings. The number of rotatable bonds is 6. The molecule has 4 aromatic rings. The van der Waals surface area contributed by atoms with Crippen LogP contribution < -0.4 is 5.32 Å². The summed E-state index contributed by atoms with van der Waals surface area (Å²) in [6, 6.07) is 13.8. The van der Waals surface area contributed by atoms with Crippen molar-refractivity contribution in [1.82, 2.24) is 14.3 Å². The third-order valence-electron chi connectivity index (χ3n) is 5.40. The number of fused-ring (bicyclic) bond motifs is 1. The summed E-state index contributed by atoms with van der Waals surface area (Å²) in [7, 11) is -2.06. The van der Waals surface area contributed by atoms with Gasteiger partial charge in [0, 0.05) is 46.2 Å².